The summed E-state index contributed by atoms with van der Waals surface area (Å²) in [6, 6.07) is 14.0. The number of carbonyl (C=O) groups is 3. The molecule has 1 aliphatic rings. The van der Waals surface area contributed by atoms with Crippen molar-refractivity contribution < 1.29 is 28.6 Å². The van der Waals surface area contributed by atoms with E-state index in [-0.39, 0.29) is 44.0 Å². The Balaban J connectivity index is 0.00000533. The minimum absolute atomic E-state index is 0. The summed E-state index contributed by atoms with van der Waals surface area (Å²) in [7, 11) is 1.55. The Kier molecular flexibility index (Phi) is 13.1. The maximum Gasteiger partial charge on any atom is 0.344 e. The number of nitrogens with zero attached hydrogens (tertiary/aromatic N) is 2. The lowest BCUT2D eigenvalue weighted by molar-refractivity contribution is -0.145. The van der Waals surface area contributed by atoms with Crippen LogP contribution < -0.4 is 19.7 Å². The van der Waals surface area contributed by atoms with Crippen LogP contribution in [0.1, 0.15) is 44.0 Å². The molecular weight excluding hydrogens is 522 g/mol. The first-order valence-electron chi connectivity index (χ1n) is 13.2. The Hall–Kier alpha value is -3.30. The summed E-state index contributed by atoms with van der Waals surface area (Å²) in [6.45, 7) is 8.45. The normalized spacial score (nSPS) is 13.8. The molecule has 0 unspecified atom stereocenters. The van der Waals surface area contributed by atoms with Crippen molar-refractivity contribution in [1.82, 2.24) is 10.2 Å². The number of amides is 2. The van der Waals surface area contributed by atoms with Gasteiger partial charge in [0.25, 0.3) is 5.91 Å². The zero-order valence-electron chi connectivity index (χ0n) is 23.2. The summed E-state index contributed by atoms with van der Waals surface area (Å²) in [5.74, 6) is 0.166. The van der Waals surface area contributed by atoms with Gasteiger partial charge in [0.05, 0.1) is 19.4 Å². The number of halogens is 1. The number of carbonyl (C=O) groups excluding carboxylic acids is 3. The summed E-state index contributed by atoms with van der Waals surface area (Å²) < 4.78 is 15.9. The van der Waals surface area contributed by atoms with Crippen molar-refractivity contribution in [3.8, 4) is 11.5 Å². The van der Waals surface area contributed by atoms with Crippen LogP contribution in [0.25, 0.3) is 0 Å². The molecule has 0 spiro atoms. The van der Waals surface area contributed by atoms with Gasteiger partial charge in [0.1, 0.15) is 18.0 Å². The van der Waals surface area contributed by atoms with Gasteiger partial charge in [-0.3, -0.25) is 14.5 Å². The van der Waals surface area contributed by atoms with Crippen molar-refractivity contribution in [3.63, 3.8) is 0 Å². The number of piperidine rings is 1. The van der Waals surface area contributed by atoms with Crippen LogP contribution in [-0.4, -0.2) is 75.2 Å². The number of hydrogen-bond donors (Lipinski definition) is 1. The van der Waals surface area contributed by atoms with Crippen LogP contribution in [0.5, 0.6) is 11.5 Å². The number of hydrogen-bond acceptors (Lipinski definition) is 7. The van der Waals surface area contributed by atoms with Gasteiger partial charge in [-0.15, -0.1) is 12.4 Å². The van der Waals surface area contributed by atoms with E-state index >= 15 is 0 Å². The lowest BCUT2D eigenvalue weighted by Crippen LogP contribution is -2.44. The number of ether oxygens (including phenoxy) is 3. The van der Waals surface area contributed by atoms with Crippen LogP contribution in [0.4, 0.5) is 5.69 Å². The number of esters is 1. The first kappa shape index (κ1) is 31.9. The van der Waals surface area contributed by atoms with Crippen LogP contribution in [0.2, 0.25) is 0 Å². The number of para-hydroxylation sites is 2. The molecule has 0 saturated carbocycles. The number of rotatable bonds is 12. The molecule has 39 heavy (non-hydrogen) atoms. The molecular formula is C29H40ClN3O6. The van der Waals surface area contributed by atoms with Crippen molar-refractivity contribution in [2.75, 3.05) is 51.4 Å². The van der Waals surface area contributed by atoms with Crippen LogP contribution >= 0.6 is 12.4 Å². The molecule has 214 valence electrons. The van der Waals surface area contributed by atoms with Crippen LogP contribution in [0, 0.1) is 5.92 Å². The fraction of sp³-hybridized carbons (Fsp3) is 0.483. The van der Waals surface area contributed by atoms with Crippen molar-refractivity contribution in [2.24, 2.45) is 5.92 Å². The predicted octanol–water partition coefficient (Wildman–Crippen LogP) is 3.94. The first-order valence-corrected chi connectivity index (χ1v) is 13.2. The topological polar surface area (TPSA) is 97.4 Å². The van der Waals surface area contributed by atoms with Gasteiger partial charge in [-0.25, -0.2) is 4.79 Å². The van der Waals surface area contributed by atoms with E-state index < -0.39 is 5.97 Å². The summed E-state index contributed by atoms with van der Waals surface area (Å²) in [4.78, 5) is 42.4. The highest BCUT2D eigenvalue weighted by atomic mass is 35.5. The van der Waals surface area contributed by atoms with Crippen molar-refractivity contribution in [3.05, 3.63) is 54.1 Å². The molecule has 0 bridgehead atoms. The molecule has 2 aromatic carbocycles. The smallest absolute Gasteiger partial charge is 0.344 e. The third-order valence-electron chi connectivity index (χ3n) is 6.66. The van der Waals surface area contributed by atoms with Gasteiger partial charge in [-0.1, -0.05) is 12.1 Å². The van der Waals surface area contributed by atoms with Gasteiger partial charge in [0, 0.05) is 18.2 Å². The number of methoxy groups -OCH3 is 1. The molecule has 1 fully saturated rings. The monoisotopic (exact) mass is 561 g/mol. The Morgan fingerprint density at radius 1 is 1.05 bits per heavy atom. The molecule has 1 heterocycles. The number of anilines is 1. The Morgan fingerprint density at radius 3 is 2.33 bits per heavy atom. The highest BCUT2D eigenvalue weighted by Gasteiger charge is 2.26. The predicted molar refractivity (Wildman–Crippen MR) is 153 cm³/mol. The first-order chi connectivity index (χ1) is 18.3. The highest BCUT2D eigenvalue weighted by Crippen LogP contribution is 2.30. The van der Waals surface area contributed by atoms with Gasteiger partial charge in [0.15, 0.2) is 6.61 Å². The summed E-state index contributed by atoms with van der Waals surface area (Å²) in [5, 5.41) is 3.02. The van der Waals surface area contributed by atoms with Crippen molar-refractivity contribution >= 4 is 35.9 Å². The lowest BCUT2D eigenvalue weighted by atomic mass is 9.96. The minimum Gasteiger partial charge on any atom is -0.497 e. The third kappa shape index (κ3) is 9.44. The molecule has 0 aromatic heterocycles. The van der Waals surface area contributed by atoms with Gasteiger partial charge >= 0.3 is 5.97 Å². The van der Waals surface area contributed by atoms with E-state index in [0.717, 1.165) is 25.9 Å². The van der Waals surface area contributed by atoms with E-state index in [9.17, 15) is 14.4 Å². The Labute approximate surface area is 237 Å². The van der Waals surface area contributed by atoms with E-state index in [1.54, 1.807) is 62.6 Å². The third-order valence-corrected chi connectivity index (χ3v) is 6.66. The highest BCUT2D eigenvalue weighted by molar-refractivity contribution is 6.09. The average molecular weight is 562 g/mol. The quantitative estimate of drug-likeness (QED) is 0.392. The molecule has 0 aliphatic carbocycles. The van der Waals surface area contributed by atoms with E-state index in [4.69, 9.17) is 14.2 Å². The molecule has 3 rings (SSSR count). The molecule has 2 amide bonds. The fourth-order valence-electron chi connectivity index (χ4n) is 4.43. The standard InChI is InChI=1S/C29H39N3O6.ClH/c1-5-37-28(34)20-38-26-9-7-6-8-25(26)32(29(35)23-10-12-24(36-4)13-11-23)19-27(33)30-18-22-14-16-31(17-15-22)21(2)3;/h6-13,21-22H,5,14-20H2,1-4H3,(H,30,33);1H. The maximum absolute atomic E-state index is 13.6. The molecule has 9 nitrogen and oxygen atoms in total. The molecule has 10 heteroatoms. The van der Waals surface area contributed by atoms with Crippen molar-refractivity contribution in [2.45, 2.75) is 39.7 Å². The van der Waals surface area contributed by atoms with Gasteiger partial charge in [0.2, 0.25) is 5.91 Å². The van der Waals surface area contributed by atoms with Gasteiger partial charge < -0.3 is 24.4 Å². The largest absolute Gasteiger partial charge is 0.497 e. The zero-order chi connectivity index (χ0) is 27.5. The second kappa shape index (κ2) is 16.0. The average Bonchev–Trinajstić information content (AvgIpc) is 2.94. The number of likely N-dealkylation sites (tertiary alicyclic amines) is 1. The SMILES string of the molecule is CCOC(=O)COc1ccccc1N(CC(=O)NCC1CCN(C(C)C)CC1)C(=O)c1ccc(OC)cc1.Cl. The van der Waals surface area contributed by atoms with Gasteiger partial charge in [-0.05, 0) is 89.0 Å². The van der Waals surface area contributed by atoms with Gasteiger partial charge in [-0.2, -0.15) is 0 Å². The van der Waals surface area contributed by atoms with Crippen LogP contribution in [-0.2, 0) is 14.3 Å². The van der Waals surface area contributed by atoms with E-state index in [1.165, 1.54) is 4.90 Å². The molecule has 1 saturated heterocycles. The fourth-order valence-corrected chi connectivity index (χ4v) is 4.43. The summed E-state index contributed by atoms with van der Waals surface area (Å²) in [6.07, 6.45) is 2.05. The number of benzene rings is 2. The second-order valence-corrected chi connectivity index (χ2v) is 9.56. The van der Waals surface area contributed by atoms with E-state index in [2.05, 4.69) is 24.1 Å². The Morgan fingerprint density at radius 2 is 1.72 bits per heavy atom. The minimum atomic E-state index is -0.517. The Bertz CT molecular complexity index is 1070. The molecule has 1 N–H and O–H groups in total. The molecule has 0 atom stereocenters. The van der Waals surface area contributed by atoms with Crippen molar-refractivity contribution in [1.29, 1.82) is 0 Å². The van der Waals surface area contributed by atoms with E-state index in [0.29, 0.717) is 41.3 Å². The summed E-state index contributed by atoms with van der Waals surface area (Å²) in [5.41, 5.74) is 0.776. The molecule has 2 aromatic rings. The zero-order valence-corrected chi connectivity index (χ0v) is 24.0. The number of nitrogens with one attached hydrogen (secondary N) is 1. The summed E-state index contributed by atoms with van der Waals surface area (Å²) >= 11 is 0. The van der Waals surface area contributed by atoms with Crippen LogP contribution in [0.15, 0.2) is 48.5 Å². The van der Waals surface area contributed by atoms with E-state index in [1.807, 2.05) is 0 Å². The maximum atomic E-state index is 13.6. The lowest BCUT2D eigenvalue weighted by Gasteiger charge is -2.34. The molecule has 0 radical (unpaired) electrons. The molecule has 1 aliphatic heterocycles. The van der Waals surface area contributed by atoms with Crippen LogP contribution in [0.3, 0.4) is 0 Å². The second-order valence-electron chi connectivity index (χ2n) is 9.56.